The van der Waals surface area contributed by atoms with Crippen LogP contribution in [0.4, 0.5) is 0 Å². The van der Waals surface area contributed by atoms with Gasteiger partial charge in [0, 0.05) is 10.8 Å². The van der Waals surface area contributed by atoms with Gasteiger partial charge in [0.2, 0.25) is 0 Å². The first-order chi connectivity index (χ1) is 12.4. The van der Waals surface area contributed by atoms with E-state index in [9.17, 15) is 10.2 Å². The Morgan fingerprint density at radius 2 is 0.962 bits per heavy atom. The summed E-state index contributed by atoms with van der Waals surface area (Å²) in [5, 5.41) is 22.3. The second kappa shape index (κ2) is 6.92. The number of benzene rings is 2. The lowest BCUT2D eigenvalue weighted by Crippen LogP contribution is -1.90. The fourth-order valence-corrected chi connectivity index (χ4v) is 2.83. The zero-order valence-electron chi connectivity index (χ0n) is 15.1. The van der Waals surface area contributed by atoms with Crippen LogP contribution in [-0.4, -0.2) is 30.1 Å². The van der Waals surface area contributed by atoms with E-state index in [2.05, 4.69) is 19.9 Å². The van der Waals surface area contributed by atoms with Gasteiger partial charge >= 0.3 is 0 Å². The summed E-state index contributed by atoms with van der Waals surface area (Å²) in [5.74, 6) is 1.02. The lowest BCUT2D eigenvalue weighted by atomic mass is 10.2. The number of aromatic nitrogens is 4. The van der Waals surface area contributed by atoms with Crippen LogP contribution < -0.4 is 0 Å². The molecule has 0 spiro atoms. The molecule has 1 aromatic heterocycles. The normalized spacial score (nSPS) is 10.6. The van der Waals surface area contributed by atoms with Gasteiger partial charge < -0.3 is 10.2 Å². The third-order valence-corrected chi connectivity index (χ3v) is 4.03. The van der Waals surface area contributed by atoms with E-state index < -0.39 is 0 Å². The molecule has 4 bridgehead atoms. The van der Waals surface area contributed by atoms with Gasteiger partial charge in [0.25, 0.3) is 0 Å². The summed E-state index contributed by atoms with van der Waals surface area (Å²) >= 11 is 0. The summed E-state index contributed by atoms with van der Waals surface area (Å²) in [6.45, 7) is 7.06. The number of phenolic OH excluding ortho intramolecular Hbond substituents is 2. The highest BCUT2D eigenvalue weighted by Crippen LogP contribution is 2.26. The maximum absolute atomic E-state index is 10.6. The third kappa shape index (κ3) is 3.39. The summed E-state index contributed by atoms with van der Waals surface area (Å²) in [6.07, 6.45) is 0. The molecular weight excluding hydrogens is 328 g/mol. The monoisotopic (exact) mass is 348 g/mol. The molecule has 6 heteroatoms. The Kier molecular flexibility index (Phi) is 4.67. The molecule has 0 atom stereocenters. The van der Waals surface area contributed by atoms with Crippen molar-refractivity contribution in [2.45, 2.75) is 27.7 Å². The van der Waals surface area contributed by atoms with Crippen LogP contribution in [0.5, 0.6) is 11.5 Å². The van der Waals surface area contributed by atoms with Crippen LogP contribution in [0.2, 0.25) is 0 Å². The largest absolute Gasteiger partial charge is 0.505 e. The zero-order chi connectivity index (χ0) is 18.8. The lowest BCUT2D eigenvalue weighted by Gasteiger charge is -2.02. The molecule has 0 aliphatic carbocycles. The van der Waals surface area contributed by atoms with E-state index >= 15 is 0 Å². The molecule has 0 aliphatic rings. The van der Waals surface area contributed by atoms with Crippen LogP contribution in [0, 0.1) is 27.7 Å². The second-order valence-electron chi connectivity index (χ2n) is 6.06. The fraction of sp³-hybridized carbons (Fsp3) is 0.200. The van der Waals surface area contributed by atoms with Gasteiger partial charge in [-0.15, -0.1) is 0 Å². The topological polar surface area (TPSA) is 92.0 Å². The van der Waals surface area contributed by atoms with Crippen molar-refractivity contribution in [2.24, 2.45) is 0 Å². The van der Waals surface area contributed by atoms with Crippen LogP contribution in [0.25, 0.3) is 21.8 Å². The summed E-state index contributed by atoms with van der Waals surface area (Å²) in [4.78, 5) is 17.7. The maximum atomic E-state index is 10.6. The van der Waals surface area contributed by atoms with Crippen molar-refractivity contribution >= 4 is 21.8 Å². The average Bonchev–Trinajstić information content (AvgIpc) is 2.57. The van der Waals surface area contributed by atoms with Gasteiger partial charge in [-0.2, -0.15) is 0 Å². The Bertz CT molecular complexity index is 1020. The standard InChI is InChI=1S/C20H20N4O2/c1-11-15-7-5-9-17(19(15)25)24-14(4)22-12(2)16-8-6-10-18(20(16)26)23-13(3)21-11/h5-10,25-26H,1-4H3. The molecule has 0 fully saturated rings. The highest BCUT2D eigenvalue weighted by molar-refractivity contribution is 5.80. The predicted octanol–water partition coefficient (Wildman–Crippen LogP) is 3.90. The Morgan fingerprint density at radius 3 is 1.35 bits per heavy atom. The van der Waals surface area contributed by atoms with Gasteiger partial charge in [-0.25, -0.2) is 19.9 Å². The van der Waals surface area contributed by atoms with Crippen LogP contribution >= 0.6 is 0 Å². The number of hydrogen-bond donors (Lipinski definition) is 2. The smallest absolute Gasteiger partial charge is 0.150 e. The van der Waals surface area contributed by atoms with E-state index in [-0.39, 0.29) is 11.5 Å². The number of nitrogens with zero attached hydrogens (tertiary/aromatic N) is 4. The molecular formula is C20H20N4O2. The summed E-state index contributed by atoms with van der Waals surface area (Å²) in [7, 11) is 0. The highest BCUT2D eigenvalue weighted by atomic mass is 16.3. The summed E-state index contributed by atoms with van der Waals surface area (Å²) in [5.41, 5.74) is 2.03. The molecule has 2 aromatic carbocycles. The van der Waals surface area contributed by atoms with Gasteiger partial charge in [0.15, 0.2) is 0 Å². The van der Waals surface area contributed by atoms with Crippen molar-refractivity contribution in [2.75, 3.05) is 0 Å². The van der Waals surface area contributed by atoms with Crippen molar-refractivity contribution in [1.29, 1.82) is 0 Å². The van der Waals surface area contributed by atoms with Crippen molar-refractivity contribution < 1.29 is 10.2 Å². The summed E-state index contributed by atoms with van der Waals surface area (Å²) < 4.78 is 0. The first-order valence-corrected chi connectivity index (χ1v) is 8.22. The van der Waals surface area contributed by atoms with Crippen molar-refractivity contribution in [3.05, 3.63) is 59.4 Å². The van der Waals surface area contributed by atoms with Gasteiger partial charge in [0.05, 0.1) is 11.4 Å². The number of phenols is 2. The molecule has 26 heavy (non-hydrogen) atoms. The summed E-state index contributed by atoms with van der Waals surface area (Å²) in [6, 6.07) is 10.6. The molecule has 132 valence electrons. The molecule has 0 aliphatic heterocycles. The number of rotatable bonds is 0. The van der Waals surface area contributed by atoms with Crippen molar-refractivity contribution in [3.8, 4) is 11.5 Å². The van der Waals surface area contributed by atoms with Crippen LogP contribution in [-0.2, 0) is 0 Å². The Hall–Kier alpha value is -3.28. The second-order valence-corrected chi connectivity index (χ2v) is 6.06. The minimum Gasteiger partial charge on any atom is -0.505 e. The first kappa shape index (κ1) is 17.5. The number of para-hydroxylation sites is 2. The fourth-order valence-electron chi connectivity index (χ4n) is 2.83. The molecule has 0 radical (unpaired) electrons. The lowest BCUT2D eigenvalue weighted by molar-refractivity contribution is 0.484. The van der Waals surface area contributed by atoms with E-state index in [4.69, 9.17) is 0 Å². The number of fused-ring (bicyclic) bond motifs is 4. The van der Waals surface area contributed by atoms with Crippen molar-refractivity contribution in [1.82, 2.24) is 19.9 Å². The van der Waals surface area contributed by atoms with Gasteiger partial charge in [0.1, 0.15) is 34.2 Å². The molecule has 0 saturated heterocycles. The first-order valence-electron chi connectivity index (χ1n) is 8.22. The van der Waals surface area contributed by atoms with E-state index in [1.54, 1.807) is 52.0 Å². The third-order valence-electron chi connectivity index (χ3n) is 4.03. The molecule has 6 nitrogen and oxygen atoms in total. The van der Waals surface area contributed by atoms with Gasteiger partial charge in [-0.05, 0) is 52.0 Å². The zero-order valence-corrected chi connectivity index (χ0v) is 15.1. The Balaban J connectivity index is 2.59. The maximum Gasteiger partial charge on any atom is 0.150 e. The molecule has 0 saturated carbocycles. The van der Waals surface area contributed by atoms with E-state index in [0.29, 0.717) is 44.8 Å². The van der Waals surface area contributed by atoms with Crippen molar-refractivity contribution in [3.63, 3.8) is 0 Å². The number of aryl methyl sites for hydroxylation is 4. The van der Waals surface area contributed by atoms with Gasteiger partial charge in [-0.1, -0.05) is 12.1 Å². The minimum atomic E-state index is 0.0483. The highest BCUT2D eigenvalue weighted by Gasteiger charge is 2.05. The Morgan fingerprint density at radius 1 is 0.577 bits per heavy atom. The van der Waals surface area contributed by atoms with E-state index in [0.717, 1.165) is 0 Å². The molecule has 0 amide bonds. The molecule has 3 aromatic rings. The molecule has 3 rings (SSSR count). The average molecular weight is 348 g/mol. The quantitative estimate of drug-likeness (QED) is 0.640. The van der Waals surface area contributed by atoms with Crippen LogP contribution in [0.15, 0.2) is 36.4 Å². The molecule has 2 N–H and O–H groups in total. The van der Waals surface area contributed by atoms with E-state index in [1.807, 2.05) is 12.1 Å². The number of aromatic hydroxyl groups is 2. The SMILES string of the molecule is Cc1nc(C)c2cccc(nc(C)nc(C)c3cccc(n1)c3O)c2O. The van der Waals surface area contributed by atoms with Crippen LogP contribution in [0.3, 0.4) is 0 Å². The van der Waals surface area contributed by atoms with Gasteiger partial charge in [-0.3, -0.25) is 0 Å². The minimum absolute atomic E-state index is 0.0483. The molecule has 0 unspecified atom stereocenters. The van der Waals surface area contributed by atoms with E-state index in [1.165, 1.54) is 0 Å². The molecule has 1 heterocycles. The Labute approximate surface area is 151 Å². The number of hydrogen-bond acceptors (Lipinski definition) is 6. The van der Waals surface area contributed by atoms with Crippen LogP contribution in [0.1, 0.15) is 23.0 Å². The predicted molar refractivity (Wildman–Crippen MR) is 101 cm³/mol.